The highest BCUT2D eigenvalue weighted by atomic mass is 16.5. The van der Waals surface area contributed by atoms with Crippen molar-refractivity contribution >= 4 is 5.97 Å². The molecule has 0 spiro atoms. The van der Waals surface area contributed by atoms with Crippen molar-refractivity contribution in [3.05, 3.63) is 0 Å². The summed E-state index contributed by atoms with van der Waals surface area (Å²) < 4.78 is 5.48. The summed E-state index contributed by atoms with van der Waals surface area (Å²) in [6, 6.07) is 0. The molecule has 3 N–H and O–H groups in total. The first-order valence-electron chi connectivity index (χ1n) is 4.28. The molecule has 4 nitrogen and oxygen atoms in total. The Kier molecular flexibility index (Phi) is 1.63. The Labute approximate surface area is 70.7 Å². The minimum Gasteiger partial charge on any atom is -0.481 e. The summed E-state index contributed by atoms with van der Waals surface area (Å²) in [5, 5.41) is 9.03. The van der Waals surface area contributed by atoms with Crippen LogP contribution in [-0.4, -0.2) is 29.8 Å². The van der Waals surface area contributed by atoms with Gasteiger partial charge in [-0.2, -0.15) is 0 Å². The third-order valence-electron chi connectivity index (χ3n) is 3.11. The SMILES string of the molecule is NC[C@]1(C(=O)O)C[C@H]2CC[C@@H]1O2. The molecular formula is C8H13NO3. The fraction of sp³-hybridized carbons (Fsp3) is 0.875. The fourth-order valence-corrected chi connectivity index (χ4v) is 2.33. The Morgan fingerprint density at radius 2 is 2.42 bits per heavy atom. The van der Waals surface area contributed by atoms with Crippen LogP contribution >= 0.6 is 0 Å². The molecule has 12 heavy (non-hydrogen) atoms. The predicted octanol–water partition coefficient (Wildman–Crippen LogP) is -0.0326. The fourth-order valence-electron chi connectivity index (χ4n) is 2.33. The van der Waals surface area contributed by atoms with Crippen LogP contribution in [-0.2, 0) is 9.53 Å². The first-order chi connectivity index (χ1) is 5.69. The lowest BCUT2D eigenvalue weighted by Gasteiger charge is -2.28. The Balaban J connectivity index is 2.25. The van der Waals surface area contributed by atoms with Gasteiger partial charge in [-0.25, -0.2) is 0 Å². The molecule has 0 radical (unpaired) electrons. The van der Waals surface area contributed by atoms with Crippen LogP contribution in [0.2, 0.25) is 0 Å². The van der Waals surface area contributed by atoms with Crippen molar-refractivity contribution in [3.63, 3.8) is 0 Å². The lowest BCUT2D eigenvalue weighted by molar-refractivity contribution is -0.151. The summed E-state index contributed by atoms with van der Waals surface area (Å²) in [6.07, 6.45) is 2.47. The standard InChI is InChI=1S/C8H13NO3/c9-4-8(7(10)11)3-5-1-2-6(8)12-5/h5-6H,1-4,9H2,(H,10,11)/t5-,6+,8-/m1/s1. The van der Waals surface area contributed by atoms with Crippen LogP contribution in [0.25, 0.3) is 0 Å². The zero-order chi connectivity index (χ0) is 8.77. The minimum absolute atomic E-state index is 0.134. The maximum Gasteiger partial charge on any atom is 0.313 e. The molecule has 0 aromatic heterocycles. The van der Waals surface area contributed by atoms with Crippen molar-refractivity contribution in [2.24, 2.45) is 11.1 Å². The first kappa shape index (κ1) is 8.01. The molecule has 3 atom stereocenters. The zero-order valence-electron chi connectivity index (χ0n) is 6.82. The second-order valence-corrected chi connectivity index (χ2v) is 3.69. The lowest BCUT2D eigenvalue weighted by Crippen LogP contribution is -2.46. The summed E-state index contributed by atoms with van der Waals surface area (Å²) in [4.78, 5) is 11.0. The highest BCUT2D eigenvalue weighted by molar-refractivity contribution is 5.76. The van der Waals surface area contributed by atoms with E-state index in [1.807, 2.05) is 0 Å². The van der Waals surface area contributed by atoms with E-state index in [-0.39, 0.29) is 18.8 Å². The molecule has 4 heteroatoms. The molecule has 2 aliphatic rings. The first-order valence-corrected chi connectivity index (χ1v) is 4.28. The van der Waals surface area contributed by atoms with Crippen molar-refractivity contribution in [1.82, 2.24) is 0 Å². The van der Waals surface area contributed by atoms with Gasteiger partial charge in [0.15, 0.2) is 0 Å². The van der Waals surface area contributed by atoms with E-state index in [4.69, 9.17) is 15.6 Å². The lowest BCUT2D eigenvalue weighted by atomic mass is 9.74. The van der Waals surface area contributed by atoms with Gasteiger partial charge in [0.25, 0.3) is 0 Å². The molecule has 2 aliphatic heterocycles. The van der Waals surface area contributed by atoms with Gasteiger partial charge < -0.3 is 15.6 Å². The van der Waals surface area contributed by atoms with Gasteiger partial charge in [-0.1, -0.05) is 0 Å². The molecule has 2 heterocycles. The van der Waals surface area contributed by atoms with Gasteiger partial charge in [0.1, 0.15) is 5.41 Å². The topological polar surface area (TPSA) is 72.6 Å². The van der Waals surface area contributed by atoms with Crippen LogP contribution in [0, 0.1) is 5.41 Å². The van der Waals surface area contributed by atoms with Crippen LogP contribution in [0.15, 0.2) is 0 Å². The van der Waals surface area contributed by atoms with Crippen molar-refractivity contribution in [3.8, 4) is 0 Å². The molecule has 0 saturated carbocycles. The average molecular weight is 171 g/mol. The molecule has 0 aliphatic carbocycles. The third kappa shape index (κ3) is 0.820. The van der Waals surface area contributed by atoms with E-state index < -0.39 is 11.4 Å². The van der Waals surface area contributed by atoms with Gasteiger partial charge in [0, 0.05) is 6.54 Å². The summed E-state index contributed by atoms with van der Waals surface area (Å²) >= 11 is 0. The number of nitrogens with two attached hydrogens (primary N) is 1. The Morgan fingerprint density at radius 1 is 1.67 bits per heavy atom. The smallest absolute Gasteiger partial charge is 0.313 e. The Hall–Kier alpha value is -0.610. The van der Waals surface area contributed by atoms with Gasteiger partial charge in [-0.3, -0.25) is 4.79 Å². The predicted molar refractivity (Wildman–Crippen MR) is 41.6 cm³/mol. The van der Waals surface area contributed by atoms with E-state index in [1.54, 1.807) is 0 Å². The summed E-state index contributed by atoms with van der Waals surface area (Å²) in [5.74, 6) is -0.794. The van der Waals surface area contributed by atoms with E-state index >= 15 is 0 Å². The highest BCUT2D eigenvalue weighted by Gasteiger charge is 2.56. The van der Waals surface area contributed by atoms with Gasteiger partial charge in [-0.15, -0.1) is 0 Å². The summed E-state index contributed by atoms with van der Waals surface area (Å²) in [6.45, 7) is 0.198. The number of hydrogen-bond acceptors (Lipinski definition) is 3. The molecule has 0 amide bonds. The minimum atomic E-state index is -0.794. The summed E-state index contributed by atoms with van der Waals surface area (Å²) in [7, 11) is 0. The van der Waals surface area contributed by atoms with Gasteiger partial charge in [0.05, 0.1) is 12.2 Å². The number of hydrogen-bond donors (Lipinski definition) is 2. The maximum atomic E-state index is 11.0. The molecular weight excluding hydrogens is 158 g/mol. The van der Waals surface area contributed by atoms with E-state index in [1.165, 1.54) is 0 Å². The Bertz CT molecular complexity index is 218. The van der Waals surface area contributed by atoms with E-state index in [0.717, 1.165) is 12.8 Å². The largest absolute Gasteiger partial charge is 0.481 e. The molecule has 0 unspecified atom stereocenters. The maximum absolute atomic E-state index is 11.0. The van der Waals surface area contributed by atoms with Crippen LogP contribution in [0.1, 0.15) is 19.3 Å². The molecule has 2 rings (SSSR count). The zero-order valence-corrected chi connectivity index (χ0v) is 6.82. The molecule has 0 aromatic rings. The number of carbonyl (C=O) groups is 1. The molecule has 2 fully saturated rings. The number of ether oxygens (including phenoxy) is 1. The van der Waals surface area contributed by atoms with Gasteiger partial charge in [0.2, 0.25) is 0 Å². The van der Waals surface area contributed by atoms with E-state index in [9.17, 15) is 4.79 Å². The third-order valence-corrected chi connectivity index (χ3v) is 3.11. The quantitative estimate of drug-likeness (QED) is 0.611. The molecule has 2 saturated heterocycles. The van der Waals surface area contributed by atoms with Crippen molar-refractivity contribution < 1.29 is 14.6 Å². The molecule has 2 bridgehead atoms. The second-order valence-electron chi connectivity index (χ2n) is 3.69. The van der Waals surface area contributed by atoms with Crippen LogP contribution in [0.4, 0.5) is 0 Å². The number of aliphatic carboxylic acids is 1. The van der Waals surface area contributed by atoms with Crippen LogP contribution in [0.5, 0.6) is 0 Å². The van der Waals surface area contributed by atoms with Gasteiger partial charge >= 0.3 is 5.97 Å². The highest BCUT2D eigenvalue weighted by Crippen LogP contribution is 2.47. The van der Waals surface area contributed by atoms with E-state index in [2.05, 4.69) is 0 Å². The van der Waals surface area contributed by atoms with Crippen molar-refractivity contribution in [2.45, 2.75) is 31.5 Å². The van der Waals surface area contributed by atoms with Crippen molar-refractivity contribution in [2.75, 3.05) is 6.54 Å². The molecule has 0 aromatic carbocycles. The normalized spacial score (nSPS) is 45.1. The van der Waals surface area contributed by atoms with Gasteiger partial charge in [-0.05, 0) is 19.3 Å². The Morgan fingerprint density at radius 3 is 2.67 bits per heavy atom. The van der Waals surface area contributed by atoms with Crippen molar-refractivity contribution in [1.29, 1.82) is 0 Å². The monoisotopic (exact) mass is 171 g/mol. The number of rotatable bonds is 2. The van der Waals surface area contributed by atoms with Crippen LogP contribution < -0.4 is 5.73 Å². The average Bonchev–Trinajstić information content (AvgIpc) is 2.62. The molecule has 68 valence electrons. The van der Waals surface area contributed by atoms with Crippen LogP contribution in [0.3, 0.4) is 0 Å². The van der Waals surface area contributed by atoms with E-state index in [0.29, 0.717) is 6.42 Å². The number of fused-ring (bicyclic) bond motifs is 2. The summed E-state index contributed by atoms with van der Waals surface area (Å²) in [5.41, 5.74) is 4.72. The second kappa shape index (κ2) is 2.44. The number of carboxylic acids is 1. The number of carboxylic acid groups (broad SMARTS) is 1.